The predicted molar refractivity (Wildman–Crippen MR) is 531 cm³/mol. The molecule has 0 spiro atoms. The SMILES string of the molecule is c1ccc2c(c1)c1ccccc1c1cc(-n3c4ccccc4c4cc(-c5ccc6c7ccccc7n(-c7ccc8c9ccccc9c9ccccc9c8c7)c6c5)ccc43)ccc21.c1ccc2c(c1)ccc1cc(-n3c4ccccc4c4cc(-c5ccc6c7ccccc7n(-c7cc8ccc9ccccc9c8c8ccccc78)c6c5)ccc43)c3ccccc3c12. The Morgan fingerprint density at radius 1 is 0.113 bits per heavy atom. The molecule has 4 nitrogen and oxygen atoms in total. The first-order valence-corrected chi connectivity index (χ1v) is 43.0. The smallest absolute Gasteiger partial charge is 0.0547 e. The summed E-state index contributed by atoms with van der Waals surface area (Å²) in [5.74, 6) is 0. The van der Waals surface area contributed by atoms with Gasteiger partial charge in [0.2, 0.25) is 0 Å². The largest absolute Gasteiger partial charge is 0.309 e. The molecule has 0 unspecified atom stereocenters. The summed E-state index contributed by atoms with van der Waals surface area (Å²) in [6.45, 7) is 0. The molecule has 0 N–H and O–H groups in total. The summed E-state index contributed by atoms with van der Waals surface area (Å²) < 4.78 is 9.91. The third kappa shape index (κ3) is 10.0. The Morgan fingerprint density at radius 3 is 0.758 bits per heavy atom. The van der Waals surface area contributed by atoms with Crippen molar-refractivity contribution in [3.8, 4) is 45.0 Å². The van der Waals surface area contributed by atoms with Crippen molar-refractivity contribution < 1.29 is 0 Å². The van der Waals surface area contributed by atoms with Crippen LogP contribution in [0.25, 0.3) is 261 Å². The minimum absolute atomic E-state index is 1.16. The lowest BCUT2D eigenvalue weighted by Crippen LogP contribution is -1.97. The average Bonchev–Trinajstić information content (AvgIpc) is 1.45. The van der Waals surface area contributed by atoms with Gasteiger partial charge in [0.25, 0.3) is 0 Å². The molecule has 572 valence electrons. The summed E-state index contributed by atoms with van der Waals surface area (Å²) >= 11 is 0. The molecule has 24 aromatic carbocycles. The fourth-order valence-electron chi connectivity index (χ4n) is 21.8. The van der Waals surface area contributed by atoms with Crippen molar-refractivity contribution in [3.05, 3.63) is 437 Å². The Morgan fingerprint density at radius 2 is 0.355 bits per heavy atom. The minimum Gasteiger partial charge on any atom is -0.309 e. The van der Waals surface area contributed by atoms with Gasteiger partial charge in [-0.3, -0.25) is 0 Å². The number of aromatic nitrogens is 4. The van der Waals surface area contributed by atoms with Crippen LogP contribution >= 0.6 is 0 Å². The van der Waals surface area contributed by atoms with Crippen LogP contribution in [-0.2, 0) is 0 Å². The van der Waals surface area contributed by atoms with Crippen molar-refractivity contribution in [1.29, 1.82) is 0 Å². The molecule has 0 atom stereocenters. The highest BCUT2D eigenvalue weighted by molar-refractivity contribution is 6.30. The zero-order valence-corrected chi connectivity index (χ0v) is 67.4. The van der Waals surface area contributed by atoms with E-state index in [4.69, 9.17) is 0 Å². The fourth-order valence-corrected chi connectivity index (χ4v) is 21.8. The number of rotatable bonds is 6. The highest BCUT2D eigenvalue weighted by Crippen LogP contribution is 2.48. The van der Waals surface area contributed by atoms with E-state index in [1.54, 1.807) is 0 Å². The van der Waals surface area contributed by atoms with Gasteiger partial charge in [-0.25, -0.2) is 0 Å². The van der Waals surface area contributed by atoms with E-state index < -0.39 is 0 Å². The fraction of sp³-hybridized carbons (Fsp3) is 0. The molecule has 0 saturated carbocycles. The molecule has 4 aromatic heterocycles. The average molecular weight is 1570 g/mol. The van der Waals surface area contributed by atoms with Crippen LogP contribution in [0.1, 0.15) is 0 Å². The Hall–Kier alpha value is -16.4. The maximum atomic E-state index is 2.50. The van der Waals surface area contributed by atoms with Gasteiger partial charge in [-0.1, -0.05) is 340 Å². The monoisotopic (exact) mass is 1570 g/mol. The molecule has 28 aromatic rings. The predicted octanol–water partition coefficient (Wildman–Crippen LogP) is 32.9. The molecule has 4 heteroatoms. The summed E-state index contributed by atoms with van der Waals surface area (Å²) in [7, 11) is 0. The normalized spacial score (nSPS) is 12.2. The first-order chi connectivity index (χ1) is 61.5. The molecule has 0 aliphatic carbocycles. The van der Waals surface area contributed by atoms with Gasteiger partial charge in [-0.05, 0) is 238 Å². The molecule has 0 bridgehead atoms. The molecule has 0 radical (unpaired) electrons. The summed E-state index contributed by atoms with van der Waals surface area (Å²) in [6.07, 6.45) is 0. The van der Waals surface area contributed by atoms with Crippen LogP contribution in [0.3, 0.4) is 0 Å². The molecular formula is C120H72N4. The number of benzene rings is 24. The molecule has 0 aliphatic rings. The van der Waals surface area contributed by atoms with Crippen LogP contribution < -0.4 is 0 Å². The van der Waals surface area contributed by atoms with Gasteiger partial charge < -0.3 is 18.3 Å². The lowest BCUT2D eigenvalue weighted by Gasteiger charge is -2.16. The van der Waals surface area contributed by atoms with E-state index in [9.17, 15) is 0 Å². The first kappa shape index (κ1) is 68.5. The van der Waals surface area contributed by atoms with Crippen LogP contribution in [0.4, 0.5) is 0 Å². The molecule has 0 amide bonds. The van der Waals surface area contributed by atoms with Crippen LogP contribution in [0, 0.1) is 0 Å². The van der Waals surface area contributed by atoms with Crippen molar-refractivity contribution in [2.75, 3.05) is 0 Å². The van der Waals surface area contributed by atoms with Crippen LogP contribution in [0.15, 0.2) is 437 Å². The van der Waals surface area contributed by atoms with Crippen molar-refractivity contribution in [2.45, 2.75) is 0 Å². The van der Waals surface area contributed by atoms with Gasteiger partial charge >= 0.3 is 0 Å². The van der Waals surface area contributed by atoms with Gasteiger partial charge in [-0.15, -0.1) is 0 Å². The number of hydrogen-bond donors (Lipinski definition) is 0. The minimum atomic E-state index is 1.16. The Balaban J connectivity index is 0.000000130. The standard InChI is InChI=1S/2C60H36N2/c1-3-17-45-41(13-1)43-15-5-7-19-47(43)54-35-39(27-30-49(45)54)61-58-24-12-10-22-52(58)56-33-37(26-32-59(56)61)38-25-29-53-51-21-9-11-23-57(51)62(60(53)34-38)40-28-31-50-46-18-4-2-14-42(46)44-16-6-8-20-48(44)55(50)36-40;1-3-15-43-37(13-1)25-27-41-35-57(46-18-5-7-21-50(46)59(41)43)61-54-24-12-10-20-48(54)52-33-39(30-32-55(52)61)40-29-31-49-45-17-9-11-23-53(45)62(56(49)34-40)58-36-42-28-26-38-14-2-4-16-44(38)60(42)51-22-8-6-19-47(51)58/h2*1-36H. The van der Waals surface area contributed by atoms with Gasteiger partial charge in [0.15, 0.2) is 0 Å². The van der Waals surface area contributed by atoms with E-state index in [2.05, 4.69) is 455 Å². The zero-order valence-electron chi connectivity index (χ0n) is 67.4. The number of hydrogen-bond acceptors (Lipinski definition) is 0. The van der Waals surface area contributed by atoms with Crippen LogP contribution in [-0.4, -0.2) is 18.3 Å². The summed E-state index contributed by atoms with van der Waals surface area (Å²) in [5.41, 5.74) is 19.1. The van der Waals surface area contributed by atoms with E-state index in [0.29, 0.717) is 0 Å². The molecule has 4 heterocycles. The number of para-hydroxylation sites is 4. The molecule has 0 aliphatic heterocycles. The lowest BCUT2D eigenvalue weighted by molar-refractivity contribution is 1.19. The van der Waals surface area contributed by atoms with Gasteiger partial charge in [0.05, 0.1) is 55.5 Å². The van der Waals surface area contributed by atoms with Crippen molar-refractivity contribution >= 4 is 216 Å². The zero-order chi connectivity index (χ0) is 80.9. The topological polar surface area (TPSA) is 19.7 Å². The number of fused-ring (bicyclic) bond motifs is 34. The van der Waals surface area contributed by atoms with E-state index in [0.717, 1.165) is 5.69 Å². The van der Waals surface area contributed by atoms with E-state index >= 15 is 0 Å². The lowest BCUT2D eigenvalue weighted by atomic mass is 9.94. The third-order valence-corrected chi connectivity index (χ3v) is 27.3. The second-order valence-corrected chi connectivity index (χ2v) is 33.6. The van der Waals surface area contributed by atoms with Crippen molar-refractivity contribution in [1.82, 2.24) is 18.3 Å². The maximum absolute atomic E-state index is 2.50. The molecular weight excluding hydrogens is 1500 g/mol. The van der Waals surface area contributed by atoms with Crippen LogP contribution in [0.2, 0.25) is 0 Å². The summed E-state index contributed by atoms with van der Waals surface area (Å²) in [6, 6.07) is 162. The van der Waals surface area contributed by atoms with E-state index in [-0.39, 0.29) is 0 Å². The van der Waals surface area contributed by atoms with Gasteiger partial charge in [0, 0.05) is 65.2 Å². The molecule has 0 fully saturated rings. The van der Waals surface area contributed by atoms with Crippen molar-refractivity contribution in [3.63, 3.8) is 0 Å². The van der Waals surface area contributed by atoms with E-state index in [1.165, 1.54) is 256 Å². The van der Waals surface area contributed by atoms with E-state index in [1.807, 2.05) is 0 Å². The summed E-state index contributed by atoms with van der Waals surface area (Å²) in [4.78, 5) is 0. The highest BCUT2D eigenvalue weighted by atomic mass is 15.0. The second-order valence-electron chi connectivity index (χ2n) is 33.6. The summed E-state index contributed by atoms with van der Waals surface area (Å²) in [5, 5.41) is 40.7. The Bertz CT molecular complexity index is 9470. The first-order valence-electron chi connectivity index (χ1n) is 43.0. The second kappa shape index (κ2) is 26.5. The Labute approximate surface area is 711 Å². The Kier molecular flexibility index (Phi) is 14.7. The van der Waals surface area contributed by atoms with Gasteiger partial charge in [-0.2, -0.15) is 0 Å². The van der Waals surface area contributed by atoms with Crippen LogP contribution in [0.5, 0.6) is 0 Å². The molecule has 124 heavy (non-hydrogen) atoms. The number of nitrogens with zero attached hydrogens (tertiary/aromatic N) is 4. The quantitative estimate of drug-likeness (QED) is 0.148. The third-order valence-electron chi connectivity index (χ3n) is 27.3. The maximum Gasteiger partial charge on any atom is 0.0547 e. The highest BCUT2D eigenvalue weighted by Gasteiger charge is 2.24. The molecule has 0 saturated heterocycles. The molecule has 28 rings (SSSR count). The van der Waals surface area contributed by atoms with Crippen molar-refractivity contribution in [2.24, 2.45) is 0 Å². The van der Waals surface area contributed by atoms with Gasteiger partial charge in [0.1, 0.15) is 0 Å².